The molecule has 0 radical (unpaired) electrons. The van der Waals surface area contributed by atoms with Crippen LogP contribution in [0.15, 0.2) is 36.5 Å². The second-order valence-electron chi connectivity index (χ2n) is 5.45. The van der Waals surface area contributed by atoms with Gasteiger partial charge in [0.25, 0.3) is 0 Å². The SMILES string of the molecule is N#Cc1cccnc1NCCOC(=O)c1cccc2c1CCC(=O)N2. The Morgan fingerprint density at radius 3 is 3.04 bits per heavy atom. The Bertz CT molecular complexity index is 858. The number of pyridine rings is 1. The lowest BCUT2D eigenvalue weighted by atomic mass is 9.97. The van der Waals surface area contributed by atoms with Crippen LogP contribution >= 0.6 is 0 Å². The number of nitriles is 1. The van der Waals surface area contributed by atoms with Crippen LogP contribution in [0.25, 0.3) is 0 Å². The molecule has 3 rings (SSSR count). The van der Waals surface area contributed by atoms with Crippen molar-refractivity contribution in [2.24, 2.45) is 0 Å². The van der Waals surface area contributed by atoms with Gasteiger partial charge in [-0.1, -0.05) is 6.07 Å². The van der Waals surface area contributed by atoms with Gasteiger partial charge in [0.2, 0.25) is 5.91 Å². The first-order valence-corrected chi connectivity index (χ1v) is 7.87. The predicted molar refractivity (Wildman–Crippen MR) is 91.1 cm³/mol. The third-order valence-electron chi connectivity index (χ3n) is 3.83. The van der Waals surface area contributed by atoms with Crippen molar-refractivity contribution in [1.29, 1.82) is 5.26 Å². The van der Waals surface area contributed by atoms with Gasteiger partial charge in [0.15, 0.2) is 0 Å². The molecule has 1 aliphatic heterocycles. The maximum absolute atomic E-state index is 12.3. The van der Waals surface area contributed by atoms with Crippen molar-refractivity contribution in [1.82, 2.24) is 4.98 Å². The van der Waals surface area contributed by atoms with E-state index in [-0.39, 0.29) is 12.5 Å². The quantitative estimate of drug-likeness (QED) is 0.640. The highest BCUT2D eigenvalue weighted by Crippen LogP contribution is 2.26. The number of esters is 1. The largest absolute Gasteiger partial charge is 0.460 e. The van der Waals surface area contributed by atoms with Crippen LogP contribution < -0.4 is 10.6 Å². The van der Waals surface area contributed by atoms with E-state index in [4.69, 9.17) is 10.00 Å². The molecule has 0 spiro atoms. The second-order valence-corrected chi connectivity index (χ2v) is 5.45. The third kappa shape index (κ3) is 3.75. The van der Waals surface area contributed by atoms with Crippen LogP contribution in [-0.2, 0) is 16.0 Å². The molecule has 0 unspecified atom stereocenters. The summed E-state index contributed by atoms with van der Waals surface area (Å²) >= 11 is 0. The van der Waals surface area contributed by atoms with Crippen LogP contribution in [0, 0.1) is 11.3 Å². The van der Waals surface area contributed by atoms with Gasteiger partial charge in [0, 0.05) is 18.3 Å². The lowest BCUT2D eigenvalue weighted by Crippen LogP contribution is -2.22. The molecule has 0 bridgehead atoms. The van der Waals surface area contributed by atoms with E-state index in [1.54, 1.807) is 36.5 Å². The van der Waals surface area contributed by atoms with E-state index in [1.807, 2.05) is 6.07 Å². The van der Waals surface area contributed by atoms with Crippen LogP contribution in [0.3, 0.4) is 0 Å². The van der Waals surface area contributed by atoms with Gasteiger partial charge < -0.3 is 15.4 Å². The Balaban J connectivity index is 1.58. The minimum Gasteiger partial charge on any atom is -0.460 e. The first kappa shape index (κ1) is 16.5. The molecule has 25 heavy (non-hydrogen) atoms. The Morgan fingerprint density at radius 1 is 1.32 bits per heavy atom. The zero-order valence-corrected chi connectivity index (χ0v) is 13.4. The number of amides is 1. The number of hydrogen-bond donors (Lipinski definition) is 2. The Hall–Kier alpha value is -3.40. The highest BCUT2D eigenvalue weighted by molar-refractivity contribution is 5.99. The first-order chi connectivity index (χ1) is 12.2. The number of aromatic nitrogens is 1. The van der Waals surface area contributed by atoms with E-state index >= 15 is 0 Å². The highest BCUT2D eigenvalue weighted by atomic mass is 16.5. The van der Waals surface area contributed by atoms with Gasteiger partial charge in [-0.3, -0.25) is 4.79 Å². The molecule has 0 saturated carbocycles. The summed E-state index contributed by atoms with van der Waals surface area (Å²) in [5.74, 6) is -0.0250. The maximum Gasteiger partial charge on any atom is 0.338 e. The summed E-state index contributed by atoms with van der Waals surface area (Å²) in [5.41, 5.74) is 2.36. The molecule has 0 atom stereocenters. The van der Waals surface area contributed by atoms with Crippen molar-refractivity contribution < 1.29 is 14.3 Å². The number of nitrogens with one attached hydrogen (secondary N) is 2. The summed E-state index contributed by atoms with van der Waals surface area (Å²) in [6, 6.07) is 10.6. The smallest absolute Gasteiger partial charge is 0.338 e. The summed E-state index contributed by atoms with van der Waals surface area (Å²) in [7, 11) is 0. The molecule has 0 saturated heterocycles. The molecule has 7 heteroatoms. The topological polar surface area (TPSA) is 104 Å². The zero-order valence-electron chi connectivity index (χ0n) is 13.4. The fraction of sp³-hybridized carbons (Fsp3) is 0.222. The third-order valence-corrected chi connectivity index (χ3v) is 3.83. The van der Waals surface area contributed by atoms with Crippen molar-refractivity contribution >= 4 is 23.4 Å². The lowest BCUT2D eigenvalue weighted by Gasteiger charge is -2.19. The van der Waals surface area contributed by atoms with Gasteiger partial charge in [0.1, 0.15) is 18.5 Å². The number of rotatable bonds is 5. The molecule has 1 aromatic carbocycles. The fourth-order valence-electron chi connectivity index (χ4n) is 2.64. The van der Waals surface area contributed by atoms with Crippen LogP contribution in [0.1, 0.15) is 27.9 Å². The van der Waals surface area contributed by atoms with Gasteiger partial charge >= 0.3 is 5.97 Å². The van der Waals surface area contributed by atoms with Gasteiger partial charge in [-0.25, -0.2) is 9.78 Å². The van der Waals surface area contributed by atoms with Crippen molar-refractivity contribution in [3.05, 3.63) is 53.2 Å². The molecule has 1 amide bonds. The maximum atomic E-state index is 12.3. The van der Waals surface area contributed by atoms with Gasteiger partial charge in [-0.2, -0.15) is 5.26 Å². The summed E-state index contributed by atoms with van der Waals surface area (Å²) in [4.78, 5) is 27.8. The molecular weight excluding hydrogens is 320 g/mol. The summed E-state index contributed by atoms with van der Waals surface area (Å²) in [5, 5.41) is 14.7. The number of benzene rings is 1. The normalized spacial score (nSPS) is 12.5. The van der Waals surface area contributed by atoms with Gasteiger partial charge in [0.05, 0.1) is 17.7 Å². The van der Waals surface area contributed by atoms with Crippen LogP contribution in [-0.4, -0.2) is 30.0 Å². The fourth-order valence-corrected chi connectivity index (χ4v) is 2.64. The molecular formula is C18H16N4O3. The Labute approximate surface area is 144 Å². The number of ether oxygens (including phenoxy) is 1. The number of nitrogens with zero attached hydrogens (tertiary/aromatic N) is 2. The molecule has 7 nitrogen and oxygen atoms in total. The van der Waals surface area contributed by atoms with Crippen molar-refractivity contribution in [2.75, 3.05) is 23.8 Å². The van der Waals surface area contributed by atoms with Gasteiger partial charge in [-0.15, -0.1) is 0 Å². The minimum absolute atomic E-state index is 0.0501. The lowest BCUT2D eigenvalue weighted by molar-refractivity contribution is -0.116. The molecule has 126 valence electrons. The van der Waals surface area contributed by atoms with Crippen molar-refractivity contribution in [2.45, 2.75) is 12.8 Å². The van der Waals surface area contributed by atoms with Crippen molar-refractivity contribution in [3.63, 3.8) is 0 Å². The number of fused-ring (bicyclic) bond motifs is 1. The van der Waals surface area contributed by atoms with Crippen LogP contribution in [0.4, 0.5) is 11.5 Å². The Kier molecular flexibility index (Phi) is 4.90. The highest BCUT2D eigenvalue weighted by Gasteiger charge is 2.21. The molecule has 2 heterocycles. The molecule has 1 aromatic heterocycles. The Morgan fingerprint density at radius 2 is 2.20 bits per heavy atom. The number of carbonyl (C=O) groups excluding carboxylic acids is 2. The monoisotopic (exact) mass is 336 g/mol. The van der Waals surface area contributed by atoms with E-state index in [2.05, 4.69) is 15.6 Å². The van der Waals surface area contributed by atoms with E-state index in [0.717, 1.165) is 5.56 Å². The van der Waals surface area contributed by atoms with Crippen LogP contribution in [0.2, 0.25) is 0 Å². The van der Waals surface area contributed by atoms with Crippen molar-refractivity contribution in [3.8, 4) is 6.07 Å². The number of anilines is 2. The van der Waals surface area contributed by atoms with Crippen LogP contribution in [0.5, 0.6) is 0 Å². The second kappa shape index (κ2) is 7.45. The first-order valence-electron chi connectivity index (χ1n) is 7.87. The van der Waals surface area contributed by atoms with Gasteiger partial charge in [-0.05, 0) is 36.2 Å². The average Bonchev–Trinajstić information content (AvgIpc) is 2.64. The molecule has 0 aliphatic carbocycles. The predicted octanol–water partition coefficient (Wildman–Crippen LogP) is 2.11. The standard InChI is InChI=1S/C18H16N4O3/c19-11-12-3-2-8-20-17(12)21-9-10-25-18(24)14-4-1-5-15-13(14)6-7-16(23)22-15/h1-5,8H,6-7,9-10H2,(H,20,21)(H,22,23). The van der Waals surface area contributed by atoms with E-state index in [1.165, 1.54) is 0 Å². The summed E-state index contributed by atoms with van der Waals surface area (Å²) in [6.07, 6.45) is 2.46. The van der Waals surface area contributed by atoms with E-state index in [9.17, 15) is 9.59 Å². The molecule has 0 fully saturated rings. The number of hydrogen-bond acceptors (Lipinski definition) is 6. The van der Waals surface area contributed by atoms with E-state index < -0.39 is 5.97 Å². The summed E-state index contributed by atoms with van der Waals surface area (Å²) < 4.78 is 5.29. The molecule has 2 aromatic rings. The molecule has 2 N–H and O–H groups in total. The zero-order chi connectivity index (χ0) is 17.6. The molecule has 1 aliphatic rings. The number of carbonyl (C=O) groups is 2. The average molecular weight is 336 g/mol. The minimum atomic E-state index is -0.434. The van der Waals surface area contributed by atoms with E-state index in [0.29, 0.717) is 42.0 Å². The summed E-state index contributed by atoms with van der Waals surface area (Å²) in [6.45, 7) is 0.472.